The van der Waals surface area contributed by atoms with Gasteiger partial charge in [-0.1, -0.05) is 6.07 Å². The van der Waals surface area contributed by atoms with Gasteiger partial charge in [0, 0.05) is 36.5 Å². The summed E-state index contributed by atoms with van der Waals surface area (Å²) in [4.78, 5) is 17.0. The Morgan fingerprint density at radius 3 is 2.96 bits per heavy atom. The second kappa shape index (κ2) is 7.23. The summed E-state index contributed by atoms with van der Waals surface area (Å²) in [6.07, 6.45) is 4.42. The van der Waals surface area contributed by atoms with E-state index in [9.17, 15) is 4.79 Å². The molecule has 5 heteroatoms. The number of benzene rings is 1. The van der Waals surface area contributed by atoms with E-state index in [-0.39, 0.29) is 11.8 Å². The minimum absolute atomic E-state index is 0.0127. The van der Waals surface area contributed by atoms with Crippen LogP contribution in [-0.2, 0) is 9.53 Å². The highest BCUT2D eigenvalue weighted by molar-refractivity contribution is 5.83. The number of nitrogens with zero attached hydrogens (tertiary/aromatic N) is 1. The molecule has 26 heavy (non-hydrogen) atoms. The normalized spacial score (nSPS) is 28.5. The lowest BCUT2D eigenvalue weighted by atomic mass is 9.74. The van der Waals surface area contributed by atoms with Crippen LogP contribution in [0.1, 0.15) is 31.4 Å². The van der Waals surface area contributed by atoms with Crippen molar-refractivity contribution < 1.29 is 9.53 Å². The van der Waals surface area contributed by atoms with Gasteiger partial charge in [-0.2, -0.15) is 0 Å². The van der Waals surface area contributed by atoms with Crippen molar-refractivity contribution in [3.8, 4) is 0 Å². The van der Waals surface area contributed by atoms with E-state index in [0.717, 1.165) is 48.0 Å². The van der Waals surface area contributed by atoms with Crippen LogP contribution in [0.25, 0.3) is 10.9 Å². The van der Waals surface area contributed by atoms with Crippen LogP contribution >= 0.6 is 0 Å². The maximum atomic E-state index is 12.5. The van der Waals surface area contributed by atoms with Crippen molar-refractivity contribution in [1.29, 1.82) is 0 Å². The molecule has 1 aromatic heterocycles. The van der Waals surface area contributed by atoms with Gasteiger partial charge < -0.3 is 15.4 Å². The van der Waals surface area contributed by atoms with Crippen LogP contribution in [-0.4, -0.2) is 36.7 Å². The van der Waals surface area contributed by atoms with E-state index in [1.807, 2.05) is 25.1 Å². The minimum atomic E-state index is 0.0127. The molecule has 0 bridgehead atoms. The van der Waals surface area contributed by atoms with Gasteiger partial charge in [-0.3, -0.25) is 9.78 Å². The third-order valence-corrected chi connectivity index (χ3v) is 5.93. The van der Waals surface area contributed by atoms with E-state index in [0.29, 0.717) is 24.6 Å². The van der Waals surface area contributed by atoms with Crippen molar-refractivity contribution >= 4 is 22.5 Å². The molecule has 4 unspecified atom stereocenters. The quantitative estimate of drug-likeness (QED) is 0.885. The first-order valence-electron chi connectivity index (χ1n) is 9.57. The maximum Gasteiger partial charge on any atom is 0.225 e. The summed E-state index contributed by atoms with van der Waals surface area (Å²) < 4.78 is 5.55. The molecule has 1 amide bonds. The fourth-order valence-corrected chi connectivity index (χ4v) is 4.41. The van der Waals surface area contributed by atoms with E-state index >= 15 is 0 Å². The highest BCUT2D eigenvalue weighted by atomic mass is 16.5. The molecule has 5 nitrogen and oxygen atoms in total. The van der Waals surface area contributed by atoms with E-state index in [1.54, 1.807) is 7.11 Å². The molecule has 2 N–H and O–H groups in total. The number of aryl methyl sites for hydroxylation is 1. The number of anilines is 1. The standard InChI is InChI=1S/C21H27N3O2/c1-13-3-4-14-10-17(5-7-19(14)23-13)22-12-16-9-15-11-18(26-2)6-8-20(15)24-21(16)25/h3-5,7,10,15-16,18,20,22H,6,8-9,11-12H2,1-2H3,(H,24,25). The number of pyridine rings is 1. The number of nitrogens with one attached hydrogen (secondary N) is 2. The molecule has 0 spiro atoms. The third-order valence-electron chi connectivity index (χ3n) is 5.93. The zero-order valence-corrected chi connectivity index (χ0v) is 15.5. The fourth-order valence-electron chi connectivity index (χ4n) is 4.41. The van der Waals surface area contributed by atoms with E-state index < -0.39 is 0 Å². The van der Waals surface area contributed by atoms with Crippen molar-refractivity contribution in [2.75, 3.05) is 19.0 Å². The summed E-state index contributed by atoms with van der Waals surface area (Å²) in [5.41, 5.74) is 3.06. The number of amides is 1. The Morgan fingerprint density at radius 1 is 1.23 bits per heavy atom. The summed E-state index contributed by atoms with van der Waals surface area (Å²) in [5, 5.41) is 7.81. The average Bonchev–Trinajstić information content (AvgIpc) is 2.66. The molecule has 4 atom stereocenters. The largest absolute Gasteiger partial charge is 0.384 e. The van der Waals surface area contributed by atoms with Gasteiger partial charge in [-0.25, -0.2) is 0 Å². The number of ether oxygens (including phenoxy) is 1. The average molecular weight is 353 g/mol. The first-order valence-corrected chi connectivity index (χ1v) is 9.57. The topological polar surface area (TPSA) is 63.2 Å². The highest BCUT2D eigenvalue weighted by Gasteiger charge is 2.39. The van der Waals surface area contributed by atoms with Gasteiger partial charge in [0.15, 0.2) is 0 Å². The molecule has 1 aliphatic heterocycles. The third kappa shape index (κ3) is 3.54. The molecule has 138 valence electrons. The Labute approximate surface area is 154 Å². The molecule has 1 aliphatic carbocycles. The summed E-state index contributed by atoms with van der Waals surface area (Å²) in [7, 11) is 1.79. The van der Waals surface area contributed by atoms with E-state index in [2.05, 4.69) is 27.8 Å². The Morgan fingerprint density at radius 2 is 2.12 bits per heavy atom. The molecule has 1 saturated heterocycles. The van der Waals surface area contributed by atoms with Crippen molar-refractivity contribution in [1.82, 2.24) is 10.3 Å². The van der Waals surface area contributed by atoms with Gasteiger partial charge in [-0.15, -0.1) is 0 Å². The molecule has 2 aromatic rings. The van der Waals surface area contributed by atoms with Gasteiger partial charge in [0.1, 0.15) is 0 Å². The molecular weight excluding hydrogens is 326 g/mol. The number of aromatic nitrogens is 1. The second-order valence-corrected chi connectivity index (χ2v) is 7.72. The van der Waals surface area contributed by atoms with Crippen LogP contribution in [0.2, 0.25) is 0 Å². The van der Waals surface area contributed by atoms with Gasteiger partial charge in [0.05, 0.1) is 17.5 Å². The van der Waals surface area contributed by atoms with Crippen molar-refractivity contribution in [2.24, 2.45) is 11.8 Å². The first kappa shape index (κ1) is 17.3. The lowest BCUT2D eigenvalue weighted by Gasteiger charge is -2.41. The van der Waals surface area contributed by atoms with Crippen LogP contribution in [0, 0.1) is 18.8 Å². The predicted octanol–water partition coefficient (Wildman–Crippen LogP) is 3.27. The molecule has 2 heterocycles. The monoisotopic (exact) mass is 353 g/mol. The van der Waals surface area contributed by atoms with Crippen LogP contribution in [0.3, 0.4) is 0 Å². The molecule has 2 aliphatic rings. The second-order valence-electron chi connectivity index (χ2n) is 7.72. The molecule has 4 rings (SSSR count). The van der Waals surface area contributed by atoms with Crippen LogP contribution < -0.4 is 10.6 Å². The lowest BCUT2D eigenvalue weighted by molar-refractivity contribution is -0.130. The summed E-state index contributed by atoms with van der Waals surface area (Å²) in [5.74, 6) is 0.730. The summed E-state index contributed by atoms with van der Waals surface area (Å²) in [6, 6.07) is 10.6. The first-order chi connectivity index (χ1) is 12.6. The lowest BCUT2D eigenvalue weighted by Crippen LogP contribution is -2.53. The number of carbonyl (C=O) groups excluding carboxylic acids is 1. The predicted molar refractivity (Wildman–Crippen MR) is 103 cm³/mol. The fraction of sp³-hybridized carbons (Fsp3) is 0.524. The SMILES string of the molecule is COC1CCC2NC(=O)C(CNc3ccc4nc(C)ccc4c3)CC2C1. The number of hydrogen-bond acceptors (Lipinski definition) is 4. The Kier molecular flexibility index (Phi) is 4.81. The molecule has 0 radical (unpaired) electrons. The summed E-state index contributed by atoms with van der Waals surface area (Å²) >= 11 is 0. The van der Waals surface area contributed by atoms with Crippen LogP contribution in [0.4, 0.5) is 5.69 Å². The van der Waals surface area contributed by atoms with Gasteiger partial charge in [0.25, 0.3) is 0 Å². The number of carbonyl (C=O) groups is 1. The zero-order chi connectivity index (χ0) is 18.1. The Hall–Kier alpha value is -2.14. The van der Waals surface area contributed by atoms with E-state index in [1.165, 1.54) is 0 Å². The Balaban J connectivity index is 1.40. The maximum absolute atomic E-state index is 12.5. The minimum Gasteiger partial charge on any atom is -0.384 e. The van der Waals surface area contributed by atoms with Crippen LogP contribution in [0.15, 0.2) is 30.3 Å². The molecule has 1 saturated carbocycles. The van der Waals surface area contributed by atoms with Gasteiger partial charge >= 0.3 is 0 Å². The van der Waals surface area contributed by atoms with Crippen LogP contribution in [0.5, 0.6) is 0 Å². The number of methoxy groups -OCH3 is 1. The number of piperidine rings is 1. The van der Waals surface area contributed by atoms with Gasteiger partial charge in [-0.05, 0) is 62.8 Å². The molecule has 2 fully saturated rings. The van der Waals surface area contributed by atoms with Crippen molar-refractivity contribution in [3.05, 3.63) is 36.0 Å². The van der Waals surface area contributed by atoms with Gasteiger partial charge in [0.2, 0.25) is 5.91 Å². The highest BCUT2D eigenvalue weighted by Crippen LogP contribution is 2.34. The van der Waals surface area contributed by atoms with Crippen molar-refractivity contribution in [3.63, 3.8) is 0 Å². The Bertz CT molecular complexity index is 807. The number of fused-ring (bicyclic) bond motifs is 2. The molecular formula is C21H27N3O2. The number of rotatable bonds is 4. The molecule has 1 aromatic carbocycles. The summed E-state index contributed by atoms with van der Waals surface area (Å²) in [6.45, 7) is 2.66. The smallest absolute Gasteiger partial charge is 0.225 e. The van der Waals surface area contributed by atoms with E-state index in [4.69, 9.17) is 4.74 Å². The number of hydrogen-bond donors (Lipinski definition) is 2. The zero-order valence-electron chi connectivity index (χ0n) is 15.5. The van der Waals surface area contributed by atoms with Crippen molar-refractivity contribution in [2.45, 2.75) is 44.8 Å².